The molecular weight excluding hydrogens is 270 g/mol. The van der Waals surface area contributed by atoms with Crippen molar-refractivity contribution in [1.29, 1.82) is 0 Å². The maximum absolute atomic E-state index is 5.89. The van der Waals surface area contributed by atoms with E-state index in [9.17, 15) is 0 Å². The first-order chi connectivity index (χ1) is 9.60. The van der Waals surface area contributed by atoms with Crippen molar-refractivity contribution in [2.45, 2.75) is 33.2 Å². The molecule has 4 heteroatoms. The lowest BCUT2D eigenvalue weighted by Crippen LogP contribution is -2.19. The van der Waals surface area contributed by atoms with Gasteiger partial charge in [-0.25, -0.2) is 9.97 Å². The van der Waals surface area contributed by atoms with E-state index in [1.54, 1.807) is 0 Å². The summed E-state index contributed by atoms with van der Waals surface area (Å²) in [7, 11) is 0. The molecule has 2 rings (SSSR count). The van der Waals surface area contributed by atoms with Crippen molar-refractivity contribution in [3.8, 4) is 0 Å². The molecule has 1 N–H and O–H groups in total. The van der Waals surface area contributed by atoms with Crippen molar-refractivity contribution >= 4 is 11.6 Å². The van der Waals surface area contributed by atoms with Crippen LogP contribution in [0.3, 0.4) is 0 Å². The summed E-state index contributed by atoms with van der Waals surface area (Å²) in [6.07, 6.45) is 2.66. The minimum Gasteiger partial charge on any atom is -0.310 e. The number of hydrogen-bond donors (Lipinski definition) is 1. The molecule has 0 saturated carbocycles. The predicted octanol–water partition coefficient (Wildman–Crippen LogP) is 3.70. The summed E-state index contributed by atoms with van der Waals surface area (Å²) in [6, 6.07) is 8.09. The molecule has 0 radical (unpaired) electrons. The van der Waals surface area contributed by atoms with Gasteiger partial charge in [0, 0.05) is 34.9 Å². The summed E-state index contributed by atoms with van der Waals surface area (Å²) in [6.45, 7) is 7.21. The normalized spacial score (nSPS) is 12.4. The summed E-state index contributed by atoms with van der Waals surface area (Å²) < 4.78 is 0. The lowest BCUT2D eigenvalue weighted by atomic mass is 10.1. The van der Waals surface area contributed by atoms with Gasteiger partial charge in [0.15, 0.2) is 0 Å². The molecule has 0 bridgehead atoms. The molecule has 0 aliphatic heterocycles. The maximum Gasteiger partial charge on any atom is 0.132 e. The first-order valence-electron chi connectivity index (χ1n) is 6.90. The van der Waals surface area contributed by atoms with E-state index in [1.807, 2.05) is 37.4 Å². The van der Waals surface area contributed by atoms with E-state index in [2.05, 4.69) is 29.1 Å². The highest BCUT2D eigenvalue weighted by molar-refractivity contribution is 6.30. The van der Waals surface area contributed by atoms with Crippen molar-refractivity contribution in [3.05, 3.63) is 58.1 Å². The third kappa shape index (κ3) is 3.78. The van der Waals surface area contributed by atoms with Crippen molar-refractivity contribution in [2.75, 3.05) is 6.54 Å². The molecule has 1 atom stereocenters. The van der Waals surface area contributed by atoms with Gasteiger partial charge in [0.1, 0.15) is 5.82 Å². The number of hydrogen-bond acceptors (Lipinski definition) is 3. The highest BCUT2D eigenvalue weighted by atomic mass is 35.5. The monoisotopic (exact) mass is 289 g/mol. The van der Waals surface area contributed by atoms with Gasteiger partial charge in [-0.3, -0.25) is 0 Å². The number of rotatable bonds is 5. The molecule has 20 heavy (non-hydrogen) atoms. The number of nitrogens with zero attached hydrogens (tertiary/aromatic N) is 2. The van der Waals surface area contributed by atoms with Gasteiger partial charge in [-0.05, 0) is 38.1 Å². The zero-order chi connectivity index (χ0) is 14.5. The van der Waals surface area contributed by atoms with Gasteiger partial charge in [-0.1, -0.05) is 30.7 Å². The van der Waals surface area contributed by atoms with E-state index in [1.165, 1.54) is 5.56 Å². The number of nitrogens with one attached hydrogen (secondary N) is 1. The second-order valence-electron chi connectivity index (χ2n) is 4.91. The van der Waals surface area contributed by atoms with E-state index in [0.717, 1.165) is 35.1 Å². The first-order valence-corrected chi connectivity index (χ1v) is 7.28. The average Bonchev–Trinajstić information content (AvgIpc) is 2.42. The Morgan fingerprint density at radius 3 is 2.55 bits per heavy atom. The Kier molecular flexibility index (Phi) is 5.10. The molecule has 3 nitrogen and oxygen atoms in total. The van der Waals surface area contributed by atoms with Crippen LogP contribution in [0.15, 0.2) is 30.5 Å². The molecule has 0 amide bonds. The van der Waals surface area contributed by atoms with Crippen LogP contribution in [-0.2, 0) is 6.42 Å². The SMILES string of the molecule is CCNC(C)c1cnc(Cc2ccc(Cl)cc2)nc1C. The Labute approximate surface area is 125 Å². The number of benzene rings is 1. The maximum atomic E-state index is 5.89. The molecule has 2 aromatic rings. The van der Waals surface area contributed by atoms with Gasteiger partial charge in [-0.15, -0.1) is 0 Å². The quantitative estimate of drug-likeness (QED) is 0.912. The Balaban J connectivity index is 2.14. The Hall–Kier alpha value is -1.45. The lowest BCUT2D eigenvalue weighted by Gasteiger charge is -2.15. The number of aryl methyl sites for hydroxylation is 1. The zero-order valence-corrected chi connectivity index (χ0v) is 12.9. The van der Waals surface area contributed by atoms with Crippen LogP contribution in [-0.4, -0.2) is 16.5 Å². The molecular formula is C16H20ClN3. The van der Waals surface area contributed by atoms with Gasteiger partial charge in [-0.2, -0.15) is 0 Å². The third-order valence-corrected chi connectivity index (χ3v) is 3.57. The minimum atomic E-state index is 0.282. The summed E-state index contributed by atoms with van der Waals surface area (Å²) in [4.78, 5) is 9.09. The van der Waals surface area contributed by atoms with Crippen LogP contribution in [0.4, 0.5) is 0 Å². The van der Waals surface area contributed by atoms with E-state index >= 15 is 0 Å². The molecule has 1 aromatic carbocycles. The van der Waals surface area contributed by atoms with Crippen molar-refractivity contribution < 1.29 is 0 Å². The highest BCUT2D eigenvalue weighted by Gasteiger charge is 2.10. The van der Waals surface area contributed by atoms with E-state index in [0.29, 0.717) is 0 Å². The van der Waals surface area contributed by atoms with E-state index in [4.69, 9.17) is 11.6 Å². The van der Waals surface area contributed by atoms with Crippen LogP contribution in [0.2, 0.25) is 5.02 Å². The van der Waals surface area contributed by atoms with Gasteiger partial charge in [0.2, 0.25) is 0 Å². The molecule has 1 unspecified atom stereocenters. The Bertz CT molecular complexity index is 566. The van der Waals surface area contributed by atoms with Crippen LogP contribution in [0.5, 0.6) is 0 Å². The molecule has 1 aromatic heterocycles. The zero-order valence-electron chi connectivity index (χ0n) is 12.2. The fraction of sp³-hybridized carbons (Fsp3) is 0.375. The van der Waals surface area contributed by atoms with Gasteiger partial charge >= 0.3 is 0 Å². The summed E-state index contributed by atoms with van der Waals surface area (Å²) >= 11 is 5.89. The van der Waals surface area contributed by atoms with Crippen LogP contribution in [0.25, 0.3) is 0 Å². The molecule has 0 spiro atoms. The minimum absolute atomic E-state index is 0.282. The number of aromatic nitrogens is 2. The molecule has 0 aliphatic carbocycles. The molecule has 1 heterocycles. The van der Waals surface area contributed by atoms with Gasteiger partial charge in [0.25, 0.3) is 0 Å². The predicted molar refractivity (Wildman–Crippen MR) is 83.1 cm³/mol. The Morgan fingerprint density at radius 1 is 1.25 bits per heavy atom. The van der Waals surface area contributed by atoms with E-state index in [-0.39, 0.29) is 6.04 Å². The fourth-order valence-corrected chi connectivity index (χ4v) is 2.36. The second kappa shape index (κ2) is 6.82. The van der Waals surface area contributed by atoms with Gasteiger partial charge < -0.3 is 5.32 Å². The largest absolute Gasteiger partial charge is 0.310 e. The average molecular weight is 290 g/mol. The first kappa shape index (κ1) is 14.9. The fourth-order valence-electron chi connectivity index (χ4n) is 2.24. The summed E-state index contributed by atoms with van der Waals surface area (Å²) in [5, 5.41) is 4.13. The Morgan fingerprint density at radius 2 is 1.95 bits per heavy atom. The molecule has 0 fully saturated rings. The van der Waals surface area contributed by atoms with Crippen LogP contribution in [0.1, 0.15) is 42.5 Å². The number of halogens is 1. The third-order valence-electron chi connectivity index (χ3n) is 3.32. The van der Waals surface area contributed by atoms with Crippen molar-refractivity contribution in [1.82, 2.24) is 15.3 Å². The van der Waals surface area contributed by atoms with Crippen LogP contribution < -0.4 is 5.32 Å². The second-order valence-corrected chi connectivity index (χ2v) is 5.35. The van der Waals surface area contributed by atoms with Crippen molar-refractivity contribution in [3.63, 3.8) is 0 Å². The highest BCUT2D eigenvalue weighted by Crippen LogP contribution is 2.16. The molecule has 0 aliphatic rings. The molecule has 106 valence electrons. The van der Waals surface area contributed by atoms with Crippen molar-refractivity contribution in [2.24, 2.45) is 0 Å². The van der Waals surface area contributed by atoms with Crippen LogP contribution >= 0.6 is 11.6 Å². The standard InChI is InChI=1S/C16H20ClN3/c1-4-18-11(2)15-10-19-16(20-12(15)3)9-13-5-7-14(17)8-6-13/h5-8,10-11,18H,4,9H2,1-3H3. The van der Waals surface area contributed by atoms with Crippen LogP contribution in [0, 0.1) is 6.92 Å². The summed E-state index contributed by atoms with van der Waals surface area (Å²) in [5.41, 5.74) is 3.37. The van der Waals surface area contributed by atoms with Gasteiger partial charge in [0.05, 0.1) is 0 Å². The summed E-state index contributed by atoms with van der Waals surface area (Å²) in [5.74, 6) is 0.845. The lowest BCUT2D eigenvalue weighted by molar-refractivity contribution is 0.588. The smallest absolute Gasteiger partial charge is 0.132 e. The topological polar surface area (TPSA) is 37.8 Å². The van der Waals surface area contributed by atoms with E-state index < -0.39 is 0 Å². The molecule has 0 saturated heterocycles.